The van der Waals surface area contributed by atoms with E-state index in [1.165, 1.54) is 24.0 Å². The number of hydrogen-bond acceptors (Lipinski definition) is 2. The minimum absolute atomic E-state index is 0.318. The molecule has 1 N–H and O–H groups in total. The Bertz CT molecular complexity index is 437. The van der Waals surface area contributed by atoms with Crippen LogP contribution in [0.1, 0.15) is 63.1 Å². The normalized spacial score (nSPS) is 26.9. The van der Waals surface area contributed by atoms with Crippen LogP contribution in [0, 0.1) is 0 Å². The highest BCUT2D eigenvalue weighted by Gasteiger charge is 2.31. The Kier molecular flexibility index (Phi) is 3.06. The average molecular weight is 245 g/mol. The number of nitrogens with one attached hydrogen (secondary N) is 1. The fourth-order valence-corrected chi connectivity index (χ4v) is 2.72. The molecule has 3 rings (SSSR count). The van der Waals surface area contributed by atoms with E-state index in [0.717, 1.165) is 18.2 Å². The number of benzene rings is 1. The van der Waals surface area contributed by atoms with Crippen molar-refractivity contribution in [1.29, 1.82) is 0 Å². The van der Waals surface area contributed by atoms with Crippen molar-refractivity contribution in [2.45, 2.75) is 64.1 Å². The number of rotatable bonds is 3. The van der Waals surface area contributed by atoms with Crippen molar-refractivity contribution in [3.8, 4) is 5.75 Å². The van der Waals surface area contributed by atoms with Crippen LogP contribution in [0.2, 0.25) is 0 Å². The highest BCUT2D eigenvalue weighted by atomic mass is 16.5. The average Bonchev–Trinajstić information content (AvgIpc) is 3.12. The van der Waals surface area contributed by atoms with Gasteiger partial charge in [-0.2, -0.15) is 0 Å². The second-order valence-electron chi connectivity index (χ2n) is 6.11. The molecule has 0 saturated heterocycles. The van der Waals surface area contributed by atoms with Gasteiger partial charge in [0.2, 0.25) is 0 Å². The largest absolute Gasteiger partial charge is 0.490 e. The van der Waals surface area contributed by atoms with Crippen molar-refractivity contribution in [1.82, 2.24) is 5.32 Å². The van der Waals surface area contributed by atoms with E-state index in [-0.39, 0.29) is 0 Å². The molecule has 0 aromatic heterocycles. The summed E-state index contributed by atoms with van der Waals surface area (Å²) < 4.78 is 5.96. The maximum Gasteiger partial charge on any atom is 0.124 e. The predicted molar refractivity (Wildman–Crippen MR) is 74.1 cm³/mol. The lowest BCUT2D eigenvalue weighted by molar-refractivity contribution is 0.166. The molecule has 2 unspecified atom stereocenters. The molecule has 98 valence electrons. The first kappa shape index (κ1) is 12.0. The lowest BCUT2D eigenvalue weighted by atomic mass is 9.92. The van der Waals surface area contributed by atoms with Crippen molar-refractivity contribution in [2.75, 3.05) is 0 Å². The molecule has 0 bridgehead atoms. The van der Waals surface area contributed by atoms with Crippen LogP contribution in [-0.4, -0.2) is 12.1 Å². The van der Waals surface area contributed by atoms with Crippen molar-refractivity contribution in [2.24, 2.45) is 0 Å². The van der Waals surface area contributed by atoms with Crippen molar-refractivity contribution >= 4 is 0 Å². The zero-order chi connectivity index (χ0) is 12.7. The van der Waals surface area contributed by atoms with Crippen LogP contribution in [0.3, 0.4) is 0 Å². The van der Waals surface area contributed by atoms with Gasteiger partial charge in [-0.15, -0.1) is 0 Å². The van der Waals surface area contributed by atoms with Gasteiger partial charge in [-0.1, -0.05) is 26.0 Å². The van der Waals surface area contributed by atoms with Crippen LogP contribution < -0.4 is 10.1 Å². The van der Waals surface area contributed by atoms with Gasteiger partial charge in [-0.05, 0) is 37.3 Å². The zero-order valence-electron chi connectivity index (χ0n) is 11.6. The SMILES string of the molecule is CC1CC(NC2CC2)c2cc(C(C)C)ccc2O1. The summed E-state index contributed by atoms with van der Waals surface area (Å²) in [4.78, 5) is 0. The molecule has 1 heterocycles. The summed E-state index contributed by atoms with van der Waals surface area (Å²) in [7, 11) is 0. The summed E-state index contributed by atoms with van der Waals surface area (Å²) in [6.45, 7) is 6.66. The third-order valence-electron chi connectivity index (χ3n) is 3.99. The van der Waals surface area contributed by atoms with Gasteiger partial charge in [0.1, 0.15) is 5.75 Å². The fourth-order valence-electron chi connectivity index (χ4n) is 2.72. The predicted octanol–water partition coefficient (Wildman–Crippen LogP) is 3.77. The summed E-state index contributed by atoms with van der Waals surface area (Å²) in [6, 6.07) is 7.93. The van der Waals surface area contributed by atoms with Crippen molar-refractivity contribution in [3.63, 3.8) is 0 Å². The molecule has 0 radical (unpaired) electrons. The van der Waals surface area contributed by atoms with E-state index in [9.17, 15) is 0 Å². The molecule has 2 nitrogen and oxygen atoms in total. The van der Waals surface area contributed by atoms with Crippen molar-refractivity contribution < 1.29 is 4.74 Å². The molecule has 2 heteroatoms. The molecular weight excluding hydrogens is 222 g/mol. The molecule has 0 amide bonds. The van der Waals surface area contributed by atoms with Crippen LogP contribution in [0.5, 0.6) is 5.75 Å². The Balaban J connectivity index is 1.91. The van der Waals surface area contributed by atoms with Gasteiger partial charge in [-0.25, -0.2) is 0 Å². The van der Waals surface area contributed by atoms with E-state index >= 15 is 0 Å². The maximum absolute atomic E-state index is 5.96. The number of hydrogen-bond donors (Lipinski definition) is 1. The highest BCUT2D eigenvalue weighted by molar-refractivity contribution is 5.42. The first-order chi connectivity index (χ1) is 8.63. The topological polar surface area (TPSA) is 21.3 Å². The quantitative estimate of drug-likeness (QED) is 0.875. The first-order valence-electron chi connectivity index (χ1n) is 7.20. The van der Waals surface area contributed by atoms with Gasteiger partial charge >= 0.3 is 0 Å². The van der Waals surface area contributed by atoms with Gasteiger partial charge in [0.15, 0.2) is 0 Å². The van der Waals surface area contributed by atoms with E-state index in [4.69, 9.17) is 4.74 Å². The zero-order valence-corrected chi connectivity index (χ0v) is 11.6. The van der Waals surface area contributed by atoms with E-state index < -0.39 is 0 Å². The van der Waals surface area contributed by atoms with Gasteiger partial charge in [-0.3, -0.25) is 0 Å². The number of ether oxygens (including phenoxy) is 1. The van der Waals surface area contributed by atoms with Gasteiger partial charge < -0.3 is 10.1 Å². The second-order valence-corrected chi connectivity index (χ2v) is 6.11. The molecule has 18 heavy (non-hydrogen) atoms. The molecule has 0 spiro atoms. The van der Waals surface area contributed by atoms with Gasteiger partial charge in [0, 0.05) is 24.1 Å². The summed E-state index contributed by atoms with van der Waals surface area (Å²) in [6.07, 6.45) is 4.08. The lowest BCUT2D eigenvalue weighted by Crippen LogP contribution is -2.32. The van der Waals surface area contributed by atoms with Gasteiger partial charge in [0.05, 0.1) is 6.10 Å². The fraction of sp³-hybridized carbons (Fsp3) is 0.625. The molecule has 1 aromatic rings. The lowest BCUT2D eigenvalue weighted by Gasteiger charge is -2.32. The van der Waals surface area contributed by atoms with E-state index in [1.54, 1.807) is 0 Å². The van der Waals surface area contributed by atoms with Crippen LogP contribution in [0.4, 0.5) is 0 Å². The van der Waals surface area contributed by atoms with Gasteiger partial charge in [0.25, 0.3) is 0 Å². The molecule has 2 atom stereocenters. The highest BCUT2D eigenvalue weighted by Crippen LogP contribution is 2.38. The molecule has 1 aliphatic heterocycles. The standard InChI is InChI=1S/C16H23NO/c1-10(2)12-4-7-16-14(9-12)15(8-11(3)18-16)17-13-5-6-13/h4,7,9-11,13,15,17H,5-6,8H2,1-3H3. The molecular formula is C16H23NO. The molecule has 1 saturated carbocycles. The third-order valence-corrected chi connectivity index (χ3v) is 3.99. The minimum Gasteiger partial charge on any atom is -0.490 e. The third kappa shape index (κ3) is 2.39. The Morgan fingerprint density at radius 2 is 2.06 bits per heavy atom. The Morgan fingerprint density at radius 1 is 1.28 bits per heavy atom. The minimum atomic E-state index is 0.318. The van der Waals surface area contributed by atoms with Crippen LogP contribution in [0.25, 0.3) is 0 Å². The maximum atomic E-state index is 5.96. The molecule has 1 aliphatic carbocycles. The second kappa shape index (κ2) is 4.58. The van der Waals surface area contributed by atoms with Crippen LogP contribution in [0.15, 0.2) is 18.2 Å². The van der Waals surface area contributed by atoms with Crippen molar-refractivity contribution in [3.05, 3.63) is 29.3 Å². The van der Waals surface area contributed by atoms with E-state index in [0.29, 0.717) is 18.1 Å². The summed E-state index contributed by atoms with van der Waals surface area (Å²) >= 11 is 0. The Morgan fingerprint density at radius 3 is 2.72 bits per heavy atom. The molecule has 1 aromatic carbocycles. The van der Waals surface area contributed by atoms with E-state index in [2.05, 4.69) is 44.3 Å². The number of fused-ring (bicyclic) bond motifs is 1. The summed E-state index contributed by atoms with van der Waals surface area (Å²) in [5.41, 5.74) is 2.78. The van der Waals surface area contributed by atoms with Crippen LogP contribution >= 0.6 is 0 Å². The van der Waals surface area contributed by atoms with E-state index in [1.807, 2.05) is 0 Å². The molecule has 2 aliphatic rings. The smallest absolute Gasteiger partial charge is 0.124 e. The Labute approximate surface area is 110 Å². The first-order valence-corrected chi connectivity index (χ1v) is 7.20. The Hall–Kier alpha value is -1.02. The summed E-state index contributed by atoms with van der Waals surface area (Å²) in [5.74, 6) is 1.66. The molecule has 1 fully saturated rings. The monoisotopic (exact) mass is 245 g/mol. The van der Waals surface area contributed by atoms with Crippen LogP contribution in [-0.2, 0) is 0 Å². The summed E-state index contributed by atoms with van der Waals surface area (Å²) in [5, 5.41) is 3.77.